The van der Waals surface area contributed by atoms with E-state index in [0.717, 1.165) is 10.4 Å². The Kier molecular flexibility index (Phi) is 5.26. The van der Waals surface area contributed by atoms with Crippen LogP contribution in [0.5, 0.6) is 11.5 Å². The molecule has 152 valence electrons. The summed E-state index contributed by atoms with van der Waals surface area (Å²) >= 11 is 2.76. The number of ether oxygens (including phenoxy) is 2. The summed E-state index contributed by atoms with van der Waals surface area (Å²) in [6.45, 7) is 6.72. The van der Waals surface area contributed by atoms with Gasteiger partial charge in [-0.2, -0.15) is 0 Å². The van der Waals surface area contributed by atoms with Crippen molar-refractivity contribution >= 4 is 44.9 Å². The lowest BCUT2D eigenvalue weighted by atomic mass is 10.2. The number of aryl methyl sites for hydroxylation is 2. The number of aromatic nitrogens is 2. The standard InChI is InChI=1S/C20H21N3O4S2/c1-10-11(2)28-18-16(10)19(25)23(4)20(22-18)29-12(3)17(24)21-13-5-6-14-15(9-13)27-8-7-26-14/h5-6,9,12H,7-8H2,1-4H3,(H,21,24)/t12-/m1/s1. The van der Waals surface area contributed by atoms with Crippen molar-refractivity contribution in [2.75, 3.05) is 18.5 Å². The van der Waals surface area contributed by atoms with Crippen LogP contribution in [0.4, 0.5) is 5.69 Å². The van der Waals surface area contributed by atoms with Gasteiger partial charge in [-0.25, -0.2) is 4.98 Å². The fourth-order valence-electron chi connectivity index (χ4n) is 3.04. The van der Waals surface area contributed by atoms with Gasteiger partial charge in [0.25, 0.3) is 5.56 Å². The van der Waals surface area contributed by atoms with Gasteiger partial charge >= 0.3 is 0 Å². The second-order valence-electron chi connectivity index (χ2n) is 6.83. The van der Waals surface area contributed by atoms with Crippen LogP contribution in [0.15, 0.2) is 28.2 Å². The number of carbonyl (C=O) groups is 1. The van der Waals surface area contributed by atoms with Crippen molar-refractivity contribution in [3.8, 4) is 11.5 Å². The van der Waals surface area contributed by atoms with E-state index in [4.69, 9.17) is 9.47 Å². The zero-order valence-corrected chi connectivity index (χ0v) is 18.2. The minimum Gasteiger partial charge on any atom is -0.486 e. The fourth-order valence-corrected chi connectivity index (χ4v) is 4.98. The highest BCUT2D eigenvalue weighted by Gasteiger charge is 2.21. The third kappa shape index (κ3) is 3.72. The summed E-state index contributed by atoms with van der Waals surface area (Å²) in [7, 11) is 1.69. The number of fused-ring (bicyclic) bond motifs is 2. The SMILES string of the molecule is Cc1sc2nc(S[C@H](C)C(=O)Nc3ccc4c(c3)OCCO4)n(C)c(=O)c2c1C. The van der Waals surface area contributed by atoms with Crippen molar-refractivity contribution in [3.05, 3.63) is 39.0 Å². The number of benzene rings is 1. The van der Waals surface area contributed by atoms with Gasteiger partial charge in [0.05, 0.1) is 10.6 Å². The largest absolute Gasteiger partial charge is 0.486 e. The molecular formula is C20H21N3O4S2. The van der Waals surface area contributed by atoms with Gasteiger partial charge in [0.2, 0.25) is 5.91 Å². The third-order valence-corrected chi connectivity index (χ3v) is 7.08. The maximum absolute atomic E-state index is 12.8. The van der Waals surface area contributed by atoms with Crippen LogP contribution in [0.25, 0.3) is 10.2 Å². The molecule has 3 aromatic rings. The summed E-state index contributed by atoms with van der Waals surface area (Å²) in [6.07, 6.45) is 0. The summed E-state index contributed by atoms with van der Waals surface area (Å²) in [5, 5.41) is 3.63. The van der Waals surface area contributed by atoms with E-state index >= 15 is 0 Å². The van der Waals surface area contributed by atoms with Crippen LogP contribution in [-0.4, -0.2) is 33.9 Å². The van der Waals surface area contributed by atoms with Crippen LogP contribution in [0.1, 0.15) is 17.4 Å². The number of hydrogen-bond donors (Lipinski definition) is 1. The van der Waals surface area contributed by atoms with E-state index in [1.54, 1.807) is 32.2 Å². The lowest BCUT2D eigenvalue weighted by molar-refractivity contribution is -0.115. The highest BCUT2D eigenvalue weighted by molar-refractivity contribution is 8.00. The number of rotatable bonds is 4. The molecule has 1 atom stereocenters. The van der Waals surface area contributed by atoms with Crippen molar-refractivity contribution < 1.29 is 14.3 Å². The molecule has 0 radical (unpaired) electrons. The van der Waals surface area contributed by atoms with E-state index < -0.39 is 5.25 Å². The van der Waals surface area contributed by atoms with Crippen LogP contribution in [-0.2, 0) is 11.8 Å². The Morgan fingerprint density at radius 2 is 2.00 bits per heavy atom. The van der Waals surface area contributed by atoms with Gasteiger partial charge in [0.1, 0.15) is 18.0 Å². The Labute approximate surface area is 176 Å². The average molecular weight is 432 g/mol. The molecule has 1 aliphatic heterocycles. The fraction of sp³-hybridized carbons (Fsp3) is 0.350. The van der Waals surface area contributed by atoms with E-state index in [9.17, 15) is 9.59 Å². The first kappa shape index (κ1) is 19.8. The number of amides is 1. The molecule has 0 saturated carbocycles. The van der Waals surface area contributed by atoms with Gasteiger partial charge in [0.15, 0.2) is 16.7 Å². The van der Waals surface area contributed by atoms with E-state index in [1.807, 2.05) is 13.8 Å². The Bertz CT molecular complexity index is 1170. The van der Waals surface area contributed by atoms with E-state index in [1.165, 1.54) is 27.7 Å². The van der Waals surface area contributed by atoms with Crippen molar-refractivity contribution in [3.63, 3.8) is 0 Å². The Morgan fingerprint density at radius 1 is 1.28 bits per heavy atom. The second kappa shape index (κ2) is 7.72. The maximum atomic E-state index is 12.8. The summed E-state index contributed by atoms with van der Waals surface area (Å²) in [6, 6.07) is 5.31. The molecule has 29 heavy (non-hydrogen) atoms. The molecule has 0 saturated heterocycles. The number of nitrogens with zero attached hydrogens (tertiary/aromatic N) is 2. The molecule has 1 aliphatic rings. The van der Waals surface area contributed by atoms with Gasteiger partial charge in [-0.1, -0.05) is 11.8 Å². The van der Waals surface area contributed by atoms with Gasteiger partial charge in [-0.3, -0.25) is 14.2 Å². The molecule has 1 aromatic carbocycles. The molecule has 0 spiro atoms. The van der Waals surface area contributed by atoms with Crippen LogP contribution in [0.2, 0.25) is 0 Å². The lowest BCUT2D eigenvalue weighted by Crippen LogP contribution is -2.25. The van der Waals surface area contributed by atoms with Gasteiger partial charge < -0.3 is 14.8 Å². The topological polar surface area (TPSA) is 82.4 Å². The lowest BCUT2D eigenvalue weighted by Gasteiger charge is -2.19. The number of thioether (sulfide) groups is 1. The average Bonchev–Trinajstić information content (AvgIpc) is 2.99. The normalized spacial score (nSPS) is 14.1. The Morgan fingerprint density at radius 3 is 2.76 bits per heavy atom. The van der Waals surface area contributed by atoms with Crippen LogP contribution < -0.4 is 20.3 Å². The molecule has 7 nitrogen and oxygen atoms in total. The molecule has 0 unspecified atom stereocenters. The van der Waals surface area contributed by atoms with Gasteiger partial charge in [-0.05, 0) is 38.5 Å². The number of nitrogens with one attached hydrogen (secondary N) is 1. The summed E-state index contributed by atoms with van der Waals surface area (Å²) < 4.78 is 12.6. The molecule has 3 heterocycles. The molecule has 0 bridgehead atoms. The highest BCUT2D eigenvalue weighted by atomic mass is 32.2. The first-order valence-electron chi connectivity index (χ1n) is 9.19. The number of carbonyl (C=O) groups excluding carboxylic acids is 1. The minimum atomic E-state index is -0.444. The molecule has 0 aliphatic carbocycles. The number of anilines is 1. The molecular weight excluding hydrogens is 410 g/mol. The maximum Gasteiger partial charge on any atom is 0.262 e. The summed E-state index contributed by atoms with van der Waals surface area (Å²) in [4.78, 5) is 31.9. The quantitative estimate of drug-likeness (QED) is 0.503. The van der Waals surface area contributed by atoms with E-state index in [0.29, 0.717) is 45.8 Å². The number of hydrogen-bond acceptors (Lipinski definition) is 7. The van der Waals surface area contributed by atoms with Crippen molar-refractivity contribution in [2.24, 2.45) is 7.05 Å². The van der Waals surface area contributed by atoms with Gasteiger partial charge in [-0.15, -0.1) is 11.3 Å². The van der Waals surface area contributed by atoms with Crippen LogP contribution in [0, 0.1) is 13.8 Å². The number of thiophene rings is 1. The van der Waals surface area contributed by atoms with Crippen molar-refractivity contribution in [2.45, 2.75) is 31.2 Å². The first-order chi connectivity index (χ1) is 13.8. The molecule has 1 amide bonds. The smallest absolute Gasteiger partial charge is 0.262 e. The molecule has 1 N–H and O–H groups in total. The molecule has 2 aromatic heterocycles. The predicted octanol–water partition coefficient (Wildman–Crippen LogP) is 3.50. The Balaban J connectivity index is 1.53. The molecule has 4 rings (SSSR count). The summed E-state index contributed by atoms with van der Waals surface area (Å²) in [5.74, 6) is 1.11. The van der Waals surface area contributed by atoms with E-state index in [-0.39, 0.29) is 11.5 Å². The van der Waals surface area contributed by atoms with Crippen molar-refractivity contribution in [1.29, 1.82) is 0 Å². The highest BCUT2D eigenvalue weighted by Crippen LogP contribution is 2.33. The third-order valence-electron chi connectivity index (χ3n) is 4.83. The monoisotopic (exact) mass is 431 g/mol. The van der Waals surface area contributed by atoms with Gasteiger partial charge in [0, 0.05) is 23.7 Å². The predicted molar refractivity (Wildman–Crippen MR) is 116 cm³/mol. The molecule has 0 fully saturated rings. The zero-order valence-electron chi connectivity index (χ0n) is 16.6. The Hall–Kier alpha value is -2.52. The zero-order chi connectivity index (χ0) is 20.7. The molecule has 9 heteroatoms. The van der Waals surface area contributed by atoms with E-state index in [2.05, 4.69) is 10.3 Å². The minimum absolute atomic E-state index is 0.0844. The summed E-state index contributed by atoms with van der Waals surface area (Å²) in [5.41, 5.74) is 1.52. The van der Waals surface area contributed by atoms with Crippen LogP contribution in [0.3, 0.4) is 0 Å². The van der Waals surface area contributed by atoms with Crippen LogP contribution >= 0.6 is 23.1 Å². The van der Waals surface area contributed by atoms with Crippen molar-refractivity contribution in [1.82, 2.24) is 9.55 Å². The first-order valence-corrected chi connectivity index (χ1v) is 10.9. The second-order valence-corrected chi connectivity index (χ2v) is 9.34.